The number of pyridine rings is 1. The molecular weight excluding hydrogens is 328 g/mol. The number of aryl methyl sites for hydroxylation is 3. The highest BCUT2D eigenvalue weighted by Crippen LogP contribution is 2.27. The number of hydrogen-bond acceptors (Lipinski definition) is 5. The van der Waals surface area contributed by atoms with Crippen LogP contribution in [0.5, 0.6) is 5.88 Å². The summed E-state index contributed by atoms with van der Waals surface area (Å²) in [5.74, 6) is 0.526. The first-order chi connectivity index (χ1) is 11.3. The maximum atomic E-state index is 12.9. The third-order valence-corrected chi connectivity index (χ3v) is 6.44. The molecule has 0 amide bonds. The lowest BCUT2D eigenvalue weighted by atomic mass is 10.3. The van der Waals surface area contributed by atoms with Crippen LogP contribution in [0.4, 0.5) is 0 Å². The van der Waals surface area contributed by atoms with Crippen LogP contribution in [0.3, 0.4) is 0 Å². The van der Waals surface area contributed by atoms with Gasteiger partial charge < -0.3 is 4.74 Å². The van der Waals surface area contributed by atoms with E-state index < -0.39 is 10.0 Å². The van der Waals surface area contributed by atoms with E-state index in [1.54, 1.807) is 31.8 Å². The normalized spacial score (nSPS) is 18.9. The average Bonchev–Trinajstić information content (AvgIpc) is 3.07. The van der Waals surface area contributed by atoms with E-state index in [1.165, 1.54) is 4.31 Å². The fourth-order valence-electron chi connectivity index (χ4n) is 2.96. The van der Waals surface area contributed by atoms with Crippen molar-refractivity contribution in [1.29, 1.82) is 0 Å². The van der Waals surface area contributed by atoms with Gasteiger partial charge in [-0.1, -0.05) is 6.07 Å². The number of aromatic nitrogens is 3. The molecule has 0 N–H and O–H groups in total. The number of ether oxygens (including phenoxy) is 1. The Morgan fingerprint density at radius 1 is 1.25 bits per heavy atom. The lowest BCUT2D eigenvalue weighted by molar-refractivity contribution is 0.207. The van der Waals surface area contributed by atoms with Crippen LogP contribution in [0, 0.1) is 20.8 Å². The molecule has 1 aliphatic rings. The van der Waals surface area contributed by atoms with Gasteiger partial charge >= 0.3 is 0 Å². The Labute approximate surface area is 142 Å². The zero-order chi connectivity index (χ0) is 17.5. The zero-order valence-electron chi connectivity index (χ0n) is 14.4. The van der Waals surface area contributed by atoms with E-state index >= 15 is 0 Å². The van der Waals surface area contributed by atoms with E-state index in [4.69, 9.17) is 4.74 Å². The Morgan fingerprint density at radius 2 is 2.00 bits per heavy atom. The summed E-state index contributed by atoms with van der Waals surface area (Å²) in [5.41, 5.74) is 2.23. The molecule has 0 aliphatic carbocycles. The van der Waals surface area contributed by atoms with Crippen molar-refractivity contribution in [2.75, 3.05) is 13.1 Å². The predicted octanol–water partition coefficient (Wildman–Crippen LogP) is 1.58. The highest BCUT2D eigenvalue weighted by Gasteiger charge is 2.36. The van der Waals surface area contributed by atoms with Crippen molar-refractivity contribution in [3.8, 4) is 5.88 Å². The molecule has 2 aromatic heterocycles. The van der Waals surface area contributed by atoms with Crippen LogP contribution < -0.4 is 4.74 Å². The second kappa shape index (κ2) is 6.18. The van der Waals surface area contributed by atoms with Crippen LogP contribution in [-0.2, 0) is 17.1 Å². The fourth-order valence-corrected chi connectivity index (χ4v) is 4.85. The summed E-state index contributed by atoms with van der Waals surface area (Å²) in [5, 5.41) is 4.21. The largest absolute Gasteiger partial charge is 0.473 e. The molecule has 1 fully saturated rings. The summed E-state index contributed by atoms with van der Waals surface area (Å²) in [6, 6.07) is 3.73. The molecule has 1 aliphatic heterocycles. The molecule has 7 nitrogen and oxygen atoms in total. The summed E-state index contributed by atoms with van der Waals surface area (Å²) >= 11 is 0. The van der Waals surface area contributed by atoms with Crippen LogP contribution >= 0.6 is 0 Å². The van der Waals surface area contributed by atoms with Crippen LogP contribution in [0.25, 0.3) is 0 Å². The molecule has 0 aromatic carbocycles. The lowest BCUT2D eigenvalue weighted by Crippen LogP contribution is -2.31. The molecule has 1 unspecified atom stereocenters. The molecule has 0 spiro atoms. The van der Waals surface area contributed by atoms with Gasteiger partial charge in [0.25, 0.3) is 0 Å². The van der Waals surface area contributed by atoms with Crippen molar-refractivity contribution in [3.05, 3.63) is 35.3 Å². The summed E-state index contributed by atoms with van der Waals surface area (Å²) in [6.07, 6.45) is 2.20. The van der Waals surface area contributed by atoms with Gasteiger partial charge in [-0.05, 0) is 32.8 Å². The molecule has 0 radical (unpaired) electrons. The third kappa shape index (κ3) is 3.03. The summed E-state index contributed by atoms with van der Waals surface area (Å²) in [7, 11) is -1.81. The minimum absolute atomic E-state index is 0.188. The van der Waals surface area contributed by atoms with Gasteiger partial charge in [-0.25, -0.2) is 13.4 Å². The maximum absolute atomic E-state index is 12.9. The predicted molar refractivity (Wildman–Crippen MR) is 89.4 cm³/mol. The molecule has 1 saturated heterocycles. The fraction of sp³-hybridized carbons (Fsp3) is 0.500. The Morgan fingerprint density at radius 3 is 2.58 bits per heavy atom. The number of rotatable bonds is 4. The second-order valence-corrected chi connectivity index (χ2v) is 8.06. The highest BCUT2D eigenvalue weighted by molar-refractivity contribution is 7.89. The van der Waals surface area contributed by atoms with Crippen molar-refractivity contribution in [2.45, 2.75) is 38.2 Å². The lowest BCUT2D eigenvalue weighted by Gasteiger charge is -2.17. The summed E-state index contributed by atoms with van der Waals surface area (Å²) < 4.78 is 34.8. The molecule has 3 heterocycles. The SMILES string of the molecule is Cc1ccc(OC2CCN(S(=O)(=O)c3c(C)nn(C)c3C)C2)nc1. The van der Waals surface area contributed by atoms with Crippen LogP contribution in [0.1, 0.15) is 23.4 Å². The van der Waals surface area contributed by atoms with Crippen LogP contribution in [0.15, 0.2) is 23.2 Å². The number of hydrogen-bond donors (Lipinski definition) is 0. The third-order valence-electron chi connectivity index (χ3n) is 4.32. The van der Waals surface area contributed by atoms with Gasteiger partial charge in [0.15, 0.2) is 0 Å². The molecule has 3 rings (SSSR count). The van der Waals surface area contributed by atoms with E-state index in [0.29, 0.717) is 41.7 Å². The van der Waals surface area contributed by atoms with Gasteiger partial charge in [-0.2, -0.15) is 9.40 Å². The van der Waals surface area contributed by atoms with E-state index in [0.717, 1.165) is 5.56 Å². The quantitative estimate of drug-likeness (QED) is 0.837. The van der Waals surface area contributed by atoms with Crippen LogP contribution in [-0.4, -0.2) is 46.7 Å². The van der Waals surface area contributed by atoms with Gasteiger partial charge in [0, 0.05) is 25.9 Å². The minimum Gasteiger partial charge on any atom is -0.473 e. The summed E-state index contributed by atoms with van der Waals surface area (Å²) in [4.78, 5) is 4.52. The minimum atomic E-state index is -3.56. The average molecular weight is 350 g/mol. The molecule has 0 saturated carbocycles. The second-order valence-electron chi connectivity index (χ2n) is 6.19. The van der Waals surface area contributed by atoms with Crippen molar-refractivity contribution in [1.82, 2.24) is 19.1 Å². The Hall–Kier alpha value is -1.93. The van der Waals surface area contributed by atoms with E-state index in [1.807, 2.05) is 19.1 Å². The standard InChI is InChI=1S/C16H22N4O3S/c1-11-5-6-15(17-9-11)23-14-7-8-20(10-14)24(21,22)16-12(2)18-19(4)13(16)3/h5-6,9,14H,7-8,10H2,1-4H3. The topological polar surface area (TPSA) is 77.3 Å². The van der Waals surface area contributed by atoms with Crippen molar-refractivity contribution in [2.24, 2.45) is 7.05 Å². The van der Waals surface area contributed by atoms with Gasteiger partial charge in [-0.3, -0.25) is 4.68 Å². The first-order valence-electron chi connectivity index (χ1n) is 7.88. The Kier molecular flexibility index (Phi) is 4.35. The molecule has 2 aromatic rings. The zero-order valence-corrected chi connectivity index (χ0v) is 15.2. The molecule has 24 heavy (non-hydrogen) atoms. The Bertz CT molecular complexity index is 843. The van der Waals surface area contributed by atoms with Crippen molar-refractivity contribution < 1.29 is 13.2 Å². The Balaban J connectivity index is 1.76. The van der Waals surface area contributed by atoms with E-state index in [2.05, 4.69) is 10.1 Å². The maximum Gasteiger partial charge on any atom is 0.246 e. The van der Waals surface area contributed by atoms with E-state index in [-0.39, 0.29) is 6.10 Å². The first-order valence-corrected chi connectivity index (χ1v) is 9.32. The van der Waals surface area contributed by atoms with Gasteiger partial charge in [0.2, 0.25) is 15.9 Å². The first kappa shape index (κ1) is 16.9. The number of nitrogens with zero attached hydrogens (tertiary/aromatic N) is 4. The van der Waals surface area contributed by atoms with Crippen LogP contribution in [0.2, 0.25) is 0 Å². The summed E-state index contributed by atoms with van der Waals surface area (Å²) in [6.45, 7) is 6.21. The van der Waals surface area contributed by atoms with Crippen molar-refractivity contribution in [3.63, 3.8) is 0 Å². The van der Waals surface area contributed by atoms with Gasteiger partial charge in [0.1, 0.15) is 11.0 Å². The van der Waals surface area contributed by atoms with Crippen molar-refractivity contribution >= 4 is 10.0 Å². The van der Waals surface area contributed by atoms with Gasteiger partial charge in [-0.15, -0.1) is 0 Å². The highest BCUT2D eigenvalue weighted by atomic mass is 32.2. The molecule has 130 valence electrons. The smallest absolute Gasteiger partial charge is 0.246 e. The molecular formula is C16H22N4O3S. The number of sulfonamides is 1. The monoisotopic (exact) mass is 350 g/mol. The van der Waals surface area contributed by atoms with Gasteiger partial charge in [0.05, 0.1) is 17.9 Å². The molecule has 0 bridgehead atoms. The van der Waals surface area contributed by atoms with E-state index in [9.17, 15) is 8.42 Å². The molecule has 8 heteroatoms. The molecule has 1 atom stereocenters.